The van der Waals surface area contributed by atoms with E-state index in [1.54, 1.807) is 0 Å². The van der Waals surface area contributed by atoms with Gasteiger partial charge in [0.15, 0.2) is 0 Å². The molecule has 0 unspecified atom stereocenters. The highest BCUT2D eigenvalue weighted by atomic mass is 32.1. The van der Waals surface area contributed by atoms with Gasteiger partial charge in [-0.25, -0.2) is 0 Å². The van der Waals surface area contributed by atoms with Crippen LogP contribution in [0.1, 0.15) is 24.8 Å². The molecular formula is C28H40N8O11S2. The van der Waals surface area contributed by atoms with Gasteiger partial charge in [-0.1, -0.05) is 12.1 Å². The molecule has 1 aliphatic rings. The Hall–Kier alpha value is -4.60. The Bertz CT molecular complexity index is 1420. The van der Waals surface area contributed by atoms with Crippen LogP contribution in [0.4, 0.5) is 0 Å². The molecule has 2 rings (SSSR count). The average Bonchev–Trinajstić information content (AvgIpc) is 3.55. The maximum atomic E-state index is 13.5. The number of aliphatic carboxylic acids is 1. The second kappa shape index (κ2) is 18.8. The molecule has 7 atom stereocenters. The summed E-state index contributed by atoms with van der Waals surface area (Å²) in [4.78, 5) is 101. The topological polar surface area (TPSA) is 327 Å². The minimum Gasteiger partial charge on any atom is -0.508 e. The fraction of sp³-hybridized carbons (Fsp3) is 0.500. The van der Waals surface area contributed by atoms with E-state index < -0.39 is 102 Å². The van der Waals surface area contributed by atoms with Gasteiger partial charge in [0, 0.05) is 18.7 Å². The molecule has 1 fully saturated rings. The number of thiol groups is 2. The van der Waals surface area contributed by atoms with Crippen molar-refractivity contribution in [3.8, 4) is 5.75 Å². The Morgan fingerprint density at radius 2 is 1.45 bits per heavy atom. The zero-order valence-corrected chi connectivity index (χ0v) is 27.8. The zero-order valence-electron chi connectivity index (χ0n) is 26.0. The molecule has 270 valence electrons. The van der Waals surface area contributed by atoms with E-state index in [1.807, 2.05) is 0 Å². The molecule has 7 amide bonds. The van der Waals surface area contributed by atoms with Crippen molar-refractivity contribution in [3.05, 3.63) is 29.8 Å². The van der Waals surface area contributed by atoms with E-state index in [4.69, 9.17) is 22.3 Å². The molecular weight excluding hydrogens is 688 g/mol. The highest BCUT2D eigenvalue weighted by Gasteiger charge is 2.40. The largest absolute Gasteiger partial charge is 0.508 e. The van der Waals surface area contributed by atoms with Crippen molar-refractivity contribution in [2.75, 3.05) is 18.9 Å². The maximum Gasteiger partial charge on any atom is 0.318 e. The monoisotopic (exact) mass is 728 g/mol. The predicted molar refractivity (Wildman–Crippen MR) is 177 cm³/mol. The third-order valence-corrected chi connectivity index (χ3v) is 8.33. The van der Waals surface area contributed by atoms with Gasteiger partial charge in [-0.15, -0.1) is 0 Å². The number of likely N-dealkylation sites (tertiary alicyclic amines) is 1. The highest BCUT2D eigenvalue weighted by Crippen LogP contribution is 2.20. The number of carboxylic acids is 1. The standard InChI is InChI=1S/C28H40N8O11S2/c29-19(39)9-15(33-26(44)20(30)21(49)28(46)47)27(45)36-7-1-2-18(36)25(43)35-17(11-48)24(42)32-14(8-12-3-5-13(38)6-4-12)23(41)34-16(10-37)22(31)40/h3-6,14-18,20-21,37-38,48-49H,1-2,7-11,30H2,(H2,29,39)(H2,31,40)(H,32,42)(H,33,44)(H,34,41)(H,35,43)(H,46,47)/t14-,15-,16-,17-,18-,20-,21+/m0/s1. The smallest absolute Gasteiger partial charge is 0.318 e. The molecule has 0 bridgehead atoms. The predicted octanol–water partition coefficient (Wildman–Crippen LogP) is -5.14. The van der Waals surface area contributed by atoms with Gasteiger partial charge >= 0.3 is 5.97 Å². The van der Waals surface area contributed by atoms with E-state index in [0.29, 0.717) is 12.0 Å². The molecule has 0 saturated carbocycles. The van der Waals surface area contributed by atoms with Crippen LogP contribution < -0.4 is 38.5 Å². The molecule has 19 nitrogen and oxygen atoms in total. The second-order valence-electron chi connectivity index (χ2n) is 11.1. The highest BCUT2D eigenvalue weighted by molar-refractivity contribution is 7.81. The van der Waals surface area contributed by atoms with E-state index in [0.717, 1.165) is 4.90 Å². The molecule has 1 aliphatic heterocycles. The number of carboxylic acid groups (broad SMARTS) is 1. The van der Waals surface area contributed by atoms with Crippen molar-refractivity contribution in [1.29, 1.82) is 0 Å². The van der Waals surface area contributed by atoms with Crippen LogP contribution in [0.3, 0.4) is 0 Å². The van der Waals surface area contributed by atoms with Crippen LogP contribution in [0.15, 0.2) is 24.3 Å². The van der Waals surface area contributed by atoms with Crippen LogP contribution in [0.2, 0.25) is 0 Å². The molecule has 1 aromatic rings. The van der Waals surface area contributed by atoms with Gasteiger partial charge in [0.25, 0.3) is 0 Å². The first-order valence-electron chi connectivity index (χ1n) is 14.8. The lowest BCUT2D eigenvalue weighted by atomic mass is 10.0. The third kappa shape index (κ3) is 11.8. The number of phenolic OH excluding ortho intramolecular Hbond substituents is 1. The van der Waals surface area contributed by atoms with E-state index >= 15 is 0 Å². The van der Waals surface area contributed by atoms with Crippen LogP contribution >= 0.6 is 25.3 Å². The average molecular weight is 729 g/mol. The summed E-state index contributed by atoms with van der Waals surface area (Å²) in [5.41, 5.74) is 16.6. The summed E-state index contributed by atoms with van der Waals surface area (Å²) in [6, 6.07) is -3.04. The quantitative estimate of drug-likeness (QED) is 0.0632. The van der Waals surface area contributed by atoms with Gasteiger partial charge in [0.1, 0.15) is 47.3 Å². The van der Waals surface area contributed by atoms with Crippen LogP contribution in [0, 0.1) is 0 Å². The summed E-state index contributed by atoms with van der Waals surface area (Å²) in [5.74, 6) is -8.47. The number of phenols is 1. The third-order valence-electron chi connectivity index (χ3n) is 7.42. The lowest BCUT2D eigenvalue weighted by Crippen LogP contribution is -2.60. The van der Waals surface area contributed by atoms with Gasteiger partial charge < -0.3 is 58.7 Å². The Morgan fingerprint density at radius 1 is 0.878 bits per heavy atom. The number of rotatable bonds is 18. The van der Waals surface area contributed by atoms with Crippen molar-refractivity contribution in [1.82, 2.24) is 26.2 Å². The second-order valence-corrected chi connectivity index (χ2v) is 12.0. The first kappa shape index (κ1) is 40.6. The van der Waals surface area contributed by atoms with Gasteiger partial charge in [-0.3, -0.25) is 38.4 Å². The first-order valence-corrected chi connectivity index (χ1v) is 15.9. The number of nitrogens with two attached hydrogens (primary N) is 3. The molecule has 13 N–H and O–H groups in total. The van der Waals surface area contributed by atoms with E-state index in [9.17, 15) is 48.6 Å². The summed E-state index contributed by atoms with van der Waals surface area (Å²) < 4.78 is 0. The fourth-order valence-electron chi connectivity index (χ4n) is 4.76. The summed E-state index contributed by atoms with van der Waals surface area (Å²) in [5, 5.41) is 35.8. The lowest BCUT2D eigenvalue weighted by Gasteiger charge is -2.30. The van der Waals surface area contributed by atoms with Crippen molar-refractivity contribution in [3.63, 3.8) is 0 Å². The van der Waals surface area contributed by atoms with Gasteiger partial charge in [-0.05, 0) is 30.5 Å². The van der Waals surface area contributed by atoms with Crippen molar-refractivity contribution in [2.45, 2.75) is 67.2 Å². The number of carbonyl (C=O) groups excluding carboxylic acids is 7. The number of aromatic hydroxyl groups is 1. The number of primary amides is 2. The minimum atomic E-state index is -1.71. The molecule has 21 heteroatoms. The maximum absolute atomic E-state index is 13.5. The number of aliphatic hydroxyl groups is 1. The number of nitrogens with one attached hydrogen (secondary N) is 4. The van der Waals surface area contributed by atoms with Crippen LogP contribution in [-0.4, -0.2) is 128 Å². The molecule has 0 radical (unpaired) electrons. The molecule has 1 aromatic carbocycles. The van der Waals surface area contributed by atoms with Gasteiger partial charge in [0.05, 0.1) is 13.0 Å². The molecule has 1 heterocycles. The number of nitrogens with zero attached hydrogens (tertiary/aromatic N) is 1. The van der Waals surface area contributed by atoms with Crippen LogP contribution in [0.5, 0.6) is 5.75 Å². The van der Waals surface area contributed by atoms with Gasteiger partial charge in [-0.2, -0.15) is 25.3 Å². The summed E-state index contributed by atoms with van der Waals surface area (Å²) in [6.07, 6.45) is -0.416. The van der Waals surface area contributed by atoms with Crippen molar-refractivity contribution >= 4 is 72.6 Å². The van der Waals surface area contributed by atoms with Crippen molar-refractivity contribution in [2.24, 2.45) is 17.2 Å². The SMILES string of the molecule is NC(=O)C[C@H](NC(=O)[C@@H](N)[C@@H](S)C(=O)O)C(=O)N1CCC[C@H]1C(=O)N[C@@H](CS)C(=O)N[C@@H](Cc1ccc(O)cc1)C(=O)N[C@@H](CO)C(N)=O. The molecule has 0 aliphatic carbocycles. The number of amides is 7. The van der Waals surface area contributed by atoms with E-state index in [1.165, 1.54) is 24.3 Å². The lowest BCUT2D eigenvalue weighted by molar-refractivity contribution is -0.143. The first-order chi connectivity index (χ1) is 23.0. The summed E-state index contributed by atoms with van der Waals surface area (Å²) >= 11 is 7.89. The number of aliphatic hydroxyl groups excluding tert-OH is 1. The Kier molecular flexibility index (Phi) is 15.6. The minimum absolute atomic E-state index is 0.0108. The van der Waals surface area contributed by atoms with Crippen LogP contribution in [0.25, 0.3) is 0 Å². The number of hydrogen-bond acceptors (Lipinski definition) is 13. The van der Waals surface area contributed by atoms with E-state index in [2.05, 4.69) is 46.5 Å². The Morgan fingerprint density at radius 3 is 1.98 bits per heavy atom. The zero-order chi connectivity index (χ0) is 37.0. The molecule has 0 aromatic heterocycles. The van der Waals surface area contributed by atoms with Crippen LogP contribution in [-0.2, 0) is 44.8 Å². The molecule has 1 saturated heterocycles. The normalized spacial score (nSPS) is 17.7. The summed E-state index contributed by atoms with van der Waals surface area (Å²) in [7, 11) is 0. The molecule has 49 heavy (non-hydrogen) atoms. The number of hydrogen-bond donors (Lipinski definition) is 12. The summed E-state index contributed by atoms with van der Waals surface area (Å²) in [6.45, 7) is -0.807. The van der Waals surface area contributed by atoms with E-state index in [-0.39, 0.29) is 30.9 Å². The van der Waals surface area contributed by atoms with Crippen molar-refractivity contribution < 1.29 is 53.7 Å². The Balaban J connectivity index is 2.22. The van der Waals surface area contributed by atoms with Gasteiger partial charge in [0.2, 0.25) is 41.4 Å². The number of carbonyl (C=O) groups is 8. The molecule has 0 spiro atoms. The fourth-order valence-corrected chi connectivity index (χ4v) is 5.15. The Labute approximate surface area is 290 Å². The number of benzene rings is 1.